The molecule has 0 bridgehead atoms. The summed E-state index contributed by atoms with van der Waals surface area (Å²) >= 11 is 1.26. The Morgan fingerprint density at radius 1 is 1.69 bits per heavy atom. The van der Waals surface area contributed by atoms with Crippen molar-refractivity contribution in [3.8, 4) is 0 Å². The minimum atomic E-state index is -0.0850. The minimum Gasteiger partial charge on any atom is -0.350 e. The molecule has 1 N–H and O–H groups in total. The summed E-state index contributed by atoms with van der Waals surface area (Å²) in [5.74, 6) is 0.619. The monoisotopic (exact) mass is 197 g/mol. The van der Waals surface area contributed by atoms with Gasteiger partial charge < -0.3 is 5.32 Å². The van der Waals surface area contributed by atoms with Crippen LogP contribution >= 0.6 is 11.5 Å². The lowest BCUT2D eigenvalue weighted by molar-refractivity contribution is 0.0946. The second kappa shape index (κ2) is 3.41. The van der Waals surface area contributed by atoms with Crippen molar-refractivity contribution in [3.05, 3.63) is 10.6 Å². The molecule has 1 fully saturated rings. The molecule has 0 spiro atoms. The van der Waals surface area contributed by atoms with Gasteiger partial charge >= 0.3 is 0 Å². The van der Waals surface area contributed by atoms with E-state index in [0.717, 1.165) is 11.4 Å². The average molecular weight is 197 g/mol. The molecule has 0 radical (unpaired) electrons. The summed E-state index contributed by atoms with van der Waals surface area (Å²) in [4.78, 5) is 12.3. The Labute approximate surface area is 80.5 Å². The zero-order valence-corrected chi connectivity index (χ0v) is 8.23. The standard InChI is InChI=1S/C8H11N3OS/c1-5-7(10-11-13-5)8(12)9-4-6-2-3-6/h6H,2-4H2,1H3,(H,9,12). The van der Waals surface area contributed by atoms with Crippen LogP contribution in [-0.4, -0.2) is 22.0 Å². The van der Waals surface area contributed by atoms with Gasteiger partial charge in [-0.3, -0.25) is 4.79 Å². The van der Waals surface area contributed by atoms with Crippen LogP contribution in [-0.2, 0) is 0 Å². The summed E-state index contributed by atoms with van der Waals surface area (Å²) in [6, 6.07) is 0. The fourth-order valence-corrected chi connectivity index (χ4v) is 1.55. The highest BCUT2D eigenvalue weighted by molar-refractivity contribution is 7.05. The van der Waals surface area contributed by atoms with Gasteiger partial charge in [0.1, 0.15) is 0 Å². The van der Waals surface area contributed by atoms with Crippen molar-refractivity contribution in [3.63, 3.8) is 0 Å². The van der Waals surface area contributed by atoms with E-state index in [1.54, 1.807) is 0 Å². The largest absolute Gasteiger partial charge is 0.350 e. The maximum Gasteiger partial charge on any atom is 0.273 e. The normalized spacial score (nSPS) is 15.8. The molecular weight excluding hydrogens is 186 g/mol. The molecule has 0 atom stereocenters. The third-order valence-corrected chi connectivity index (χ3v) is 2.75. The molecule has 1 aromatic heterocycles. The average Bonchev–Trinajstić information content (AvgIpc) is 2.84. The van der Waals surface area contributed by atoms with E-state index in [0.29, 0.717) is 11.6 Å². The third kappa shape index (κ3) is 2.03. The molecule has 1 saturated carbocycles. The number of amides is 1. The van der Waals surface area contributed by atoms with Crippen LogP contribution in [0.25, 0.3) is 0 Å². The molecule has 0 unspecified atom stereocenters. The number of aromatic nitrogens is 2. The van der Waals surface area contributed by atoms with E-state index in [1.807, 2.05) is 6.92 Å². The summed E-state index contributed by atoms with van der Waals surface area (Å²) in [5.41, 5.74) is 0.477. The fraction of sp³-hybridized carbons (Fsp3) is 0.625. The van der Waals surface area contributed by atoms with E-state index in [2.05, 4.69) is 14.9 Å². The molecule has 1 heterocycles. The Kier molecular flexibility index (Phi) is 2.26. The predicted molar refractivity (Wildman–Crippen MR) is 49.7 cm³/mol. The van der Waals surface area contributed by atoms with Crippen LogP contribution in [0.2, 0.25) is 0 Å². The fourth-order valence-electron chi connectivity index (χ4n) is 1.08. The van der Waals surface area contributed by atoms with Gasteiger partial charge in [0.2, 0.25) is 0 Å². The van der Waals surface area contributed by atoms with Crippen molar-refractivity contribution in [2.45, 2.75) is 19.8 Å². The summed E-state index contributed by atoms with van der Waals surface area (Å²) in [7, 11) is 0. The van der Waals surface area contributed by atoms with Gasteiger partial charge in [0.05, 0.1) is 4.88 Å². The van der Waals surface area contributed by atoms with Crippen molar-refractivity contribution in [1.82, 2.24) is 14.9 Å². The first kappa shape index (κ1) is 8.62. The molecular formula is C8H11N3OS. The summed E-state index contributed by atoms with van der Waals surface area (Å²) in [6.45, 7) is 2.65. The van der Waals surface area contributed by atoms with Crippen LogP contribution in [0.4, 0.5) is 0 Å². The maximum atomic E-state index is 11.5. The highest BCUT2D eigenvalue weighted by Crippen LogP contribution is 2.27. The van der Waals surface area contributed by atoms with Crippen LogP contribution in [0.15, 0.2) is 0 Å². The van der Waals surface area contributed by atoms with Gasteiger partial charge in [0, 0.05) is 6.54 Å². The molecule has 5 heteroatoms. The van der Waals surface area contributed by atoms with Crippen LogP contribution in [0, 0.1) is 12.8 Å². The zero-order valence-electron chi connectivity index (χ0n) is 7.41. The van der Waals surface area contributed by atoms with Crippen LogP contribution in [0.3, 0.4) is 0 Å². The summed E-state index contributed by atoms with van der Waals surface area (Å²) in [6.07, 6.45) is 2.49. The number of aryl methyl sites for hydroxylation is 1. The highest BCUT2D eigenvalue weighted by Gasteiger charge is 2.22. The molecule has 2 rings (SSSR count). The van der Waals surface area contributed by atoms with Crippen molar-refractivity contribution in [1.29, 1.82) is 0 Å². The Bertz CT molecular complexity index is 319. The topological polar surface area (TPSA) is 54.9 Å². The number of rotatable bonds is 3. The summed E-state index contributed by atoms with van der Waals surface area (Å²) < 4.78 is 3.72. The molecule has 1 aliphatic carbocycles. The SMILES string of the molecule is Cc1snnc1C(=O)NCC1CC1. The quantitative estimate of drug-likeness (QED) is 0.786. The zero-order chi connectivity index (χ0) is 9.26. The van der Waals surface area contributed by atoms with Gasteiger partial charge in [0.15, 0.2) is 5.69 Å². The Morgan fingerprint density at radius 3 is 3.00 bits per heavy atom. The first-order valence-electron chi connectivity index (χ1n) is 4.34. The summed E-state index contributed by atoms with van der Waals surface area (Å²) in [5, 5.41) is 6.62. The molecule has 13 heavy (non-hydrogen) atoms. The van der Waals surface area contributed by atoms with Gasteiger partial charge in [-0.25, -0.2) is 0 Å². The maximum absolute atomic E-state index is 11.5. The first-order valence-corrected chi connectivity index (χ1v) is 5.12. The number of nitrogens with zero attached hydrogens (tertiary/aromatic N) is 2. The number of hydrogen-bond acceptors (Lipinski definition) is 4. The Morgan fingerprint density at radius 2 is 2.46 bits per heavy atom. The van der Waals surface area contributed by atoms with Gasteiger partial charge in [0.25, 0.3) is 5.91 Å². The van der Waals surface area contributed by atoms with Crippen LogP contribution in [0.1, 0.15) is 28.2 Å². The second-order valence-corrected chi connectivity index (χ2v) is 4.29. The van der Waals surface area contributed by atoms with Crippen LogP contribution in [0.5, 0.6) is 0 Å². The Hall–Kier alpha value is -0.970. The molecule has 70 valence electrons. The number of hydrogen-bond donors (Lipinski definition) is 1. The van der Waals surface area contributed by atoms with E-state index in [4.69, 9.17) is 0 Å². The Balaban J connectivity index is 1.92. The van der Waals surface area contributed by atoms with Gasteiger partial charge in [-0.1, -0.05) is 4.49 Å². The van der Waals surface area contributed by atoms with Gasteiger partial charge in [-0.15, -0.1) is 5.10 Å². The van der Waals surface area contributed by atoms with Crippen molar-refractivity contribution >= 4 is 17.4 Å². The minimum absolute atomic E-state index is 0.0850. The molecule has 0 aliphatic heterocycles. The predicted octanol–water partition coefficient (Wildman–Crippen LogP) is 0.986. The number of carbonyl (C=O) groups is 1. The van der Waals surface area contributed by atoms with E-state index < -0.39 is 0 Å². The molecule has 1 aromatic rings. The number of nitrogens with one attached hydrogen (secondary N) is 1. The highest BCUT2D eigenvalue weighted by atomic mass is 32.1. The van der Waals surface area contributed by atoms with E-state index >= 15 is 0 Å². The molecule has 4 nitrogen and oxygen atoms in total. The van der Waals surface area contributed by atoms with Gasteiger partial charge in [-0.2, -0.15) is 0 Å². The van der Waals surface area contributed by atoms with Crippen molar-refractivity contribution < 1.29 is 4.79 Å². The van der Waals surface area contributed by atoms with Crippen molar-refractivity contribution in [2.75, 3.05) is 6.54 Å². The molecule has 1 amide bonds. The lowest BCUT2D eigenvalue weighted by Gasteiger charge is -2.00. The third-order valence-electron chi connectivity index (χ3n) is 2.12. The van der Waals surface area contributed by atoms with E-state index in [9.17, 15) is 4.79 Å². The second-order valence-electron chi connectivity index (χ2n) is 3.33. The first-order chi connectivity index (χ1) is 6.27. The molecule has 1 aliphatic rings. The van der Waals surface area contributed by atoms with E-state index in [-0.39, 0.29) is 5.91 Å². The van der Waals surface area contributed by atoms with Gasteiger partial charge in [-0.05, 0) is 37.2 Å². The number of carbonyl (C=O) groups excluding carboxylic acids is 1. The lowest BCUT2D eigenvalue weighted by Crippen LogP contribution is -2.26. The molecule has 0 saturated heterocycles. The van der Waals surface area contributed by atoms with Crippen molar-refractivity contribution in [2.24, 2.45) is 5.92 Å². The van der Waals surface area contributed by atoms with Crippen LogP contribution < -0.4 is 5.32 Å². The smallest absolute Gasteiger partial charge is 0.273 e. The van der Waals surface area contributed by atoms with E-state index in [1.165, 1.54) is 24.4 Å². The molecule has 0 aromatic carbocycles. The lowest BCUT2D eigenvalue weighted by atomic mass is 10.3.